The van der Waals surface area contributed by atoms with Gasteiger partial charge in [0.05, 0.1) is 18.0 Å². The van der Waals surface area contributed by atoms with Gasteiger partial charge in [0.25, 0.3) is 0 Å². The summed E-state index contributed by atoms with van der Waals surface area (Å²) in [7, 11) is -1.66. The van der Waals surface area contributed by atoms with E-state index in [1.807, 2.05) is 31.1 Å². The molecule has 1 aromatic carbocycles. The Morgan fingerprint density at radius 1 is 1.32 bits per heavy atom. The minimum absolute atomic E-state index is 0.0485. The molecule has 1 fully saturated rings. The van der Waals surface area contributed by atoms with Crippen LogP contribution in [-0.4, -0.2) is 44.8 Å². The number of Topliss-reactive ketones (excluding diaryl/α,β-unsaturated/α-hetero) is 1. The molecule has 0 spiro atoms. The first-order valence-corrected chi connectivity index (χ1v) is 11.3. The van der Waals surface area contributed by atoms with Crippen LogP contribution in [0, 0.1) is 0 Å². The van der Waals surface area contributed by atoms with E-state index in [2.05, 4.69) is 4.72 Å². The first-order valence-electron chi connectivity index (χ1n) is 9.64. The lowest BCUT2D eigenvalue weighted by Gasteiger charge is -2.33. The summed E-state index contributed by atoms with van der Waals surface area (Å²) in [6.45, 7) is 4.10. The molecule has 2 aliphatic rings. The molecule has 7 nitrogen and oxygen atoms in total. The van der Waals surface area contributed by atoms with E-state index in [-0.39, 0.29) is 11.5 Å². The monoisotopic (exact) mass is 408 g/mol. The maximum Gasteiger partial charge on any atom is 0.232 e. The standard InChI is InChI=1S/C20H28N2O5S/c1-4-28(24,25)21-16-9-7-8-15(19-17(23)12-14(2)13-22(19)3)20(16)27-18-10-5-6-11-26-18/h7-9,13,18-19,21H,4-6,10-12H2,1-3H3. The number of likely N-dealkylation sites (N-methyl/N-ethyl adjacent to an activating group) is 1. The molecule has 1 aromatic rings. The van der Waals surface area contributed by atoms with Gasteiger partial charge in [-0.2, -0.15) is 0 Å². The van der Waals surface area contributed by atoms with E-state index < -0.39 is 22.4 Å². The largest absolute Gasteiger partial charge is 0.462 e. The van der Waals surface area contributed by atoms with E-state index in [1.54, 1.807) is 19.1 Å². The first kappa shape index (κ1) is 20.7. The second kappa shape index (κ2) is 8.53. The van der Waals surface area contributed by atoms with Gasteiger partial charge in [0.15, 0.2) is 17.8 Å². The molecule has 3 rings (SSSR count). The molecule has 0 bridgehead atoms. The zero-order valence-electron chi connectivity index (χ0n) is 16.6. The van der Waals surface area contributed by atoms with Crippen molar-refractivity contribution in [1.82, 2.24) is 4.90 Å². The lowest BCUT2D eigenvalue weighted by Crippen LogP contribution is -2.33. The van der Waals surface area contributed by atoms with Crippen LogP contribution in [0.1, 0.15) is 51.1 Å². The van der Waals surface area contributed by atoms with Crippen molar-refractivity contribution in [3.63, 3.8) is 0 Å². The number of ether oxygens (including phenoxy) is 2. The molecule has 1 N–H and O–H groups in total. The lowest BCUT2D eigenvalue weighted by atomic mass is 9.93. The second-order valence-corrected chi connectivity index (χ2v) is 9.34. The normalized spacial score (nSPS) is 23.3. The van der Waals surface area contributed by atoms with Gasteiger partial charge < -0.3 is 14.4 Å². The Hall–Kier alpha value is -2.06. The van der Waals surface area contributed by atoms with Gasteiger partial charge in [-0.25, -0.2) is 8.42 Å². The summed E-state index contributed by atoms with van der Waals surface area (Å²) in [6, 6.07) is 4.68. The molecule has 154 valence electrons. The average Bonchev–Trinajstić information content (AvgIpc) is 2.64. The summed E-state index contributed by atoms with van der Waals surface area (Å²) in [5.41, 5.74) is 1.97. The number of carbonyl (C=O) groups excluding carboxylic acids is 1. The summed E-state index contributed by atoms with van der Waals surface area (Å²) in [6.07, 6.45) is 4.52. The van der Waals surface area contributed by atoms with E-state index in [9.17, 15) is 13.2 Å². The van der Waals surface area contributed by atoms with Crippen molar-refractivity contribution >= 4 is 21.5 Å². The van der Waals surface area contributed by atoms with Gasteiger partial charge in [0.1, 0.15) is 6.04 Å². The Labute approximate surface area is 166 Å². The Morgan fingerprint density at radius 2 is 2.11 bits per heavy atom. The minimum Gasteiger partial charge on any atom is -0.462 e. The van der Waals surface area contributed by atoms with E-state index in [0.29, 0.717) is 30.0 Å². The highest BCUT2D eigenvalue weighted by molar-refractivity contribution is 7.92. The maximum atomic E-state index is 12.8. The quantitative estimate of drug-likeness (QED) is 0.778. The van der Waals surface area contributed by atoms with Gasteiger partial charge >= 0.3 is 0 Å². The number of hydrogen-bond donors (Lipinski definition) is 1. The minimum atomic E-state index is -3.50. The summed E-state index contributed by atoms with van der Waals surface area (Å²) in [5.74, 6) is 0.359. The van der Waals surface area contributed by atoms with Crippen molar-refractivity contribution in [2.45, 2.75) is 51.9 Å². The van der Waals surface area contributed by atoms with Gasteiger partial charge in [0.2, 0.25) is 10.0 Å². The molecule has 28 heavy (non-hydrogen) atoms. The number of carbonyl (C=O) groups is 1. The summed E-state index contributed by atoms with van der Waals surface area (Å²) in [5, 5.41) is 0. The van der Waals surface area contributed by atoms with Crippen molar-refractivity contribution in [1.29, 1.82) is 0 Å². The fraction of sp³-hybridized carbons (Fsp3) is 0.550. The van der Waals surface area contributed by atoms with Crippen molar-refractivity contribution in [3.05, 3.63) is 35.5 Å². The molecule has 0 saturated carbocycles. The smallest absolute Gasteiger partial charge is 0.232 e. The van der Waals surface area contributed by atoms with Crippen LogP contribution in [0.5, 0.6) is 5.75 Å². The zero-order chi connectivity index (χ0) is 20.3. The molecule has 1 saturated heterocycles. The van der Waals surface area contributed by atoms with Crippen molar-refractivity contribution in [2.24, 2.45) is 0 Å². The molecule has 2 heterocycles. The van der Waals surface area contributed by atoms with Gasteiger partial charge in [-0.05, 0) is 44.5 Å². The lowest BCUT2D eigenvalue weighted by molar-refractivity contribution is -0.124. The number of sulfonamides is 1. The Bertz CT molecular complexity index is 859. The predicted molar refractivity (Wildman–Crippen MR) is 108 cm³/mol. The molecular weight excluding hydrogens is 380 g/mol. The third kappa shape index (κ3) is 4.67. The number of benzene rings is 1. The van der Waals surface area contributed by atoms with E-state index >= 15 is 0 Å². The molecule has 0 radical (unpaired) electrons. The van der Waals surface area contributed by atoms with E-state index in [4.69, 9.17) is 9.47 Å². The van der Waals surface area contributed by atoms with Gasteiger partial charge in [0, 0.05) is 25.5 Å². The number of nitrogens with one attached hydrogen (secondary N) is 1. The first-order chi connectivity index (χ1) is 13.3. The van der Waals surface area contributed by atoms with E-state index in [0.717, 1.165) is 24.8 Å². The Kier molecular flexibility index (Phi) is 6.30. The molecule has 8 heteroatoms. The molecule has 2 aliphatic heterocycles. The van der Waals surface area contributed by atoms with Gasteiger partial charge in [-0.1, -0.05) is 12.1 Å². The van der Waals surface area contributed by atoms with Crippen LogP contribution in [0.3, 0.4) is 0 Å². The number of hydrogen-bond acceptors (Lipinski definition) is 6. The van der Waals surface area contributed by atoms with Crippen LogP contribution in [0.25, 0.3) is 0 Å². The summed E-state index contributed by atoms with van der Waals surface area (Å²) >= 11 is 0. The van der Waals surface area contributed by atoms with Crippen LogP contribution in [0.4, 0.5) is 5.69 Å². The summed E-state index contributed by atoms with van der Waals surface area (Å²) < 4.78 is 38.8. The average molecular weight is 409 g/mol. The number of ketones is 1. The SMILES string of the molecule is CCS(=O)(=O)Nc1cccc(C2C(=O)CC(C)=CN2C)c1OC1CCCCO1. The molecule has 0 aromatic heterocycles. The fourth-order valence-corrected chi connectivity index (χ4v) is 4.26. The van der Waals surface area contributed by atoms with Gasteiger partial charge in [-0.15, -0.1) is 0 Å². The number of allylic oxidation sites excluding steroid dienone is 1. The topological polar surface area (TPSA) is 84.9 Å². The molecule has 2 unspecified atom stereocenters. The molecule has 0 aliphatic carbocycles. The van der Waals surface area contributed by atoms with Crippen LogP contribution in [-0.2, 0) is 19.6 Å². The van der Waals surface area contributed by atoms with Crippen molar-refractivity contribution in [3.8, 4) is 5.75 Å². The van der Waals surface area contributed by atoms with Crippen molar-refractivity contribution < 1.29 is 22.7 Å². The molecular formula is C20H28N2O5S. The highest BCUT2D eigenvalue weighted by Crippen LogP contribution is 2.40. The molecule has 0 amide bonds. The highest BCUT2D eigenvalue weighted by Gasteiger charge is 2.32. The van der Waals surface area contributed by atoms with Crippen LogP contribution < -0.4 is 9.46 Å². The third-order valence-electron chi connectivity index (χ3n) is 4.96. The van der Waals surface area contributed by atoms with Gasteiger partial charge in [-0.3, -0.25) is 9.52 Å². The second-order valence-electron chi connectivity index (χ2n) is 7.33. The maximum absolute atomic E-state index is 12.8. The molecule has 2 atom stereocenters. The Balaban J connectivity index is 2.04. The third-order valence-corrected chi connectivity index (χ3v) is 6.25. The zero-order valence-corrected chi connectivity index (χ0v) is 17.4. The summed E-state index contributed by atoms with van der Waals surface area (Å²) in [4.78, 5) is 14.7. The van der Waals surface area contributed by atoms with Crippen LogP contribution in [0.15, 0.2) is 30.0 Å². The number of para-hydroxylation sites is 1. The number of nitrogens with zero attached hydrogens (tertiary/aromatic N) is 1. The van der Waals surface area contributed by atoms with Crippen LogP contribution >= 0.6 is 0 Å². The van der Waals surface area contributed by atoms with Crippen LogP contribution in [0.2, 0.25) is 0 Å². The predicted octanol–water partition coefficient (Wildman–Crippen LogP) is 3.20. The van der Waals surface area contributed by atoms with Crippen molar-refractivity contribution in [2.75, 3.05) is 24.1 Å². The fourth-order valence-electron chi connectivity index (χ4n) is 3.62. The Morgan fingerprint density at radius 3 is 2.75 bits per heavy atom. The highest BCUT2D eigenvalue weighted by atomic mass is 32.2. The number of anilines is 1. The number of rotatable bonds is 6. The van der Waals surface area contributed by atoms with E-state index in [1.165, 1.54) is 0 Å².